The zero-order chi connectivity index (χ0) is 13.1. The topological polar surface area (TPSA) is 61.8 Å². The Kier molecular flexibility index (Phi) is 3.78. The second-order valence-corrected chi connectivity index (χ2v) is 3.33. The van der Waals surface area contributed by atoms with Crippen LogP contribution in [0.4, 0.5) is 28.9 Å². The van der Waals surface area contributed by atoms with Crippen LogP contribution in [-0.4, -0.2) is 18.9 Å². The molecular formula is C10H9F4N3. The highest BCUT2D eigenvalue weighted by molar-refractivity contribution is 5.62. The fraction of sp³-hybridized carbons (Fsp3) is 0.300. The lowest BCUT2D eigenvalue weighted by Crippen LogP contribution is -2.34. The van der Waals surface area contributed by atoms with Crippen LogP contribution in [0.5, 0.6) is 0 Å². The Morgan fingerprint density at radius 1 is 1.41 bits per heavy atom. The molecule has 0 unspecified atom stereocenters. The van der Waals surface area contributed by atoms with E-state index in [0.29, 0.717) is 0 Å². The summed E-state index contributed by atoms with van der Waals surface area (Å²) in [4.78, 5) is 0. The minimum absolute atomic E-state index is 0.0952. The van der Waals surface area contributed by atoms with Crippen LogP contribution < -0.4 is 11.1 Å². The van der Waals surface area contributed by atoms with Gasteiger partial charge in [-0.25, -0.2) is 8.78 Å². The van der Waals surface area contributed by atoms with Crippen molar-refractivity contribution in [2.24, 2.45) is 0 Å². The number of rotatable bonds is 4. The van der Waals surface area contributed by atoms with Crippen molar-refractivity contribution in [2.75, 3.05) is 17.6 Å². The number of nitrogens with zero attached hydrogens (tertiary/aromatic N) is 1. The summed E-state index contributed by atoms with van der Waals surface area (Å²) in [5.41, 5.74) is 5.87. The van der Waals surface area contributed by atoms with E-state index in [0.717, 1.165) is 0 Å². The smallest absolute Gasteiger partial charge is 0.324 e. The van der Waals surface area contributed by atoms with Crippen LogP contribution in [0.1, 0.15) is 5.56 Å². The Morgan fingerprint density at radius 2 is 2.06 bits per heavy atom. The second-order valence-electron chi connectivity index (χ2n) is 3.33. The lowest BCUT2D eigenvalue weighted by Gasteiger charge is -2.16. The van der Waals surface area contributed by atoms with Gasteiger partial charge in [0.2, 0.25) is 0 Å². The molecule has 0 atom stereocenters. The number of hydrogen-bond acceptors (Lipinski definition) is 3. The van der Waals surface area contributed by atoms with Gasteiger partial charge in [-0.1, -0.05) is 0 Å². The van der Waals surface area contributed by atoms with Crippen LogP contribution >= 0.6 is 0 Å². The number of nitrogens with two attached hydrogens (primary N) is 1. The standard InChI is InChI=1S/C10H9F4N3/c11-9(12)10(13,14)5-17-7-2-1-6(4-15)8(16)3-7/h1-3,9,17H,5,16H2. The molecule has 1 aromatic carbocycles. The highest BCUT2D eigenvalue weighted by atomic mass is 19.3. The Labute approximate surface area is 94.8 Å². The summed E-state index contributed by atoms with van der Waals surface area (Å²) in [5, 5.41) is 10.7. The minimum Gasteiger partial charge on any atom is -0.398 e. The van der Waals surface area contributed by atoms with Crippen LogP contribution in [0.15, 0.2) is 18.2 Å². The van der Waals surface area contributed by atoms with E-state index in [1.807, 2.05) is 0 Å². The summed E-state index contributed by atoms with van der Waals surface area (Å²) < 4.78 is 48.9. The van der Waals surface area contributed by atoms with E-state index in [4.69, 9.17) is 11.0 Å². The van der Waals surface area contributed by atoms with Crippen molar-refractivity contribution in [1.82, 2.24) is 0 Å². The normalized spacial score (nSPS) is 11.3. The van der Waals surface area contributed by atoms with Gasteiger partial charge in [0, 0.05) is 5.69 Å². The summed E-state index contributed by atoms with van der Waals surface area (Å²) in [6.07, 6.45) is -3.73. The first kappa shape index (κ1) is 13.1. The van der Waals surface area contributed by atoms with Crippen molar-refractivity contribution in [3.05, 3.63) is 23.8 Å². The molecule has 0 heterocycles. The molecule has 0 fully saturated rings. The Hall–Kier alpha value is -1.97. The molecule has 0 saturated heterocycles. The molecule has 0 spiro atoms. The third-order valence-corrected chi connectivity index (χ3v) is 2.02. The zero-order valence-electron chi connectivity index (χ0n) is 8.55. The first-order chi connectivity index (χ1) is 7.86. The third kappa shape index (κ3) is 3.24. The van der Waals surface area contributed by atoms with Gasteiger partial charge in [-0.3, -0.25) is 0 Å². The van der Waals surface area contributed by atoms with E-state index in [9.17, 15) is 17.6 Å². The van der Waals surface area contributed by atoms with Crippen LogP contribution in [0.25, 0.3) is 0 Å². The van der Waals surface area contributed by atoms with Crippen LogP contribution in [-0.2, 0) is 0 Å². The Balaban J connectivity index is 2.72. The molecule has 0 aromatic heterocycles. The average Bonchev–Trinajstić information content (AvgIpc) is 2.26. The van der Waals surface area contributed by atoms with Crippen molar-refractivity contribution in [3.63, 3.8) is 0 Å². The molecule has 0 aliphatic carbocycles. The Morgan fingerprint density at radius 3 is 2.53 bits per heavy atom. The zero-order valence-corrected chi connectivity index (χ0v) is 8.55. The predicted molar refractivity (Wildman–Crippen MR) is 55.0 cm³/mol. The van der Waals surface area contributed by atoms with Gasteiger partial charge in [-0.05, 0) is 18.2 Å². The molecule has 1 aromatic rings. The largest absolute Gasteiger partial charge is 0.398 e. The molecule has 3 nitrogen and oxygen atoms in total. The molecule has 92 valence electrons. The quantitative estimate of drug-likeness (QED) is 0.634. The van der Waals surface area contributed by atoms with Gasteiger partial charge in [0.15, 0.2) is 0 Å². The summed E-state index contributed by atoms with van der Waals surface area (Å²) in [6.45, 7) is -1.20. The molecule has 3 N–H and O–H groups in total. The van der Waals surface area contributed by atoms with Crippen LogP contribution in [0, 0.1) is 11.3 Å². The highest BCUT2D eigenvalue weighted by Gasteiger charge is 2.40. The second kappa shape index (κ2) is 4.91. The van der Waals surface area contributed by atoms with Crippen LogP contribution in [0.2, 0.25) is 0 Å². The summed E-state index contributed by atoms with van der Waals surface area (Å²) >= 11 is 0. The van der Waals surface area contributed by atoms with E-state index in [2.05, 4.69) is 5.32 Å². The van der Waals surface area contributed by atoms with Gasteiger partial charge in [-0.15, -0.1) is 0 Å². The molecule has 0 radical (unpaired) electrons. The number of alkyl halides is 4. The number of halogens is 4. The first-order valence-corrected chi connectivity index (χ1v) is 4.56. The molecule has 17 heavy (non-hydrogen) atoms. The lowest BCUT2D eigenvalue weighted by atomic mass is 10.2. The monoisotopic (exact) mass is 247 g/mol. The van der Waals surface area contributed by atoms with Crippen molar-refractivity contribution < 1.29 is 17.6 Å². The van der Waals surface area contributed by atoms with Gasteiger partial charge < -0.3 is 11.1 Å². The van der Waals surface area contributed by atoms with Gasteiger partial charge >= 0.3 is 12.3 Å². The fourth-order valence-corrected chi connectivity index (χ4v) is 1.07. The Bertz CT molecular complexity index is 440. The summed E-state index contributed by atoms with van der Waals surface area (Å²) in [5.74, 6) is -4.11. The van der Waals surface area contributed by atoms with Crippen LogP contribution in [0.3, 0.4) is 0 Å². The average molecular weight is 247 g/mol. The molecule has 7 heteroatoms. The summed E-state index contributed by atoms with van der Waals surface area (Å²) in [6, 6.07) is 5.66. The van der Waals surface area contributed by atoms with Crippen molar-refractivity contribution in [3.8, 4) is 6.07 Å². The van der Waals surface area contributed by atoms with Gasteiger partial charge in [-0.2, -0.15) is 14.0 Å². The van der Waals surface area contributed by atoms with Crippen molar-refractivity contribution >= 4 is 11.4 Å². The molecule has 1 rings (SSSR count). The fourth-order valence-electron chi connectivity index (χ4n) is 1.07. The van der Waals surface area contributed by atoms with Crippen molar-refractivity contribution in [1.29, 1.82) is 5.26 Å². The third-order valence-electron chi connectivity index (χ3n) is 2.02. The summed E-state index contributed by atoms with van der Waals surface area (Å²) in [7, 11) is 0. The minimum atomic E-state index is -4.11. The number of nitrogens with one attached hydrogen (secondary N) is 1. The van der Waals surface area contributed by atoms with Gasteiger partial charge in [0.1, 0.15) is 6.07 Å². The number of anilines is 2. The first-order valence-electron chi connectivity index (χ1n) is 4.56. The maximum Gasteiger partial charge on any atom is 0.324 e. The SMILES string of the molecule is N#Cc1ccc(NCC(F)(F)C(F)F)cc1N. The van der Waals surface area contributed by atoms with E-state index in [-0.39, 0.29) is 16.9 Å². The molecular weight excluding hydrogens is 238 g/mol. The van der Waals surface area contributed by atoms with Gasteiger partial charge in [0.05, 0.1) is 17.8 Å². The number of hydrogen-bond donors (Lipinski definition) is 2. The number of benzene rings is 1. The van der Waals surface area contributed by atoms with Gasteiger partial charge in [0.25, 0.3) is 0 Å². The number of nitrogen functional groups attached to an aromatic ring is 1. The van der Waals surface area contributed by atoms with E-state index >= 15 is 0 Å². The maximum absolute atomic E-state index is 12.6. The molecule has 0 saturated carbocycles. The molecule has 0 aliphatic heterocycles. The predicted octanol–water partition coefficient (Wildman–Crippen LogP) is 2.45. The molecule has 0 aliphatic rings. The maximum atomic E-state index is 12.6. The lowest BCUT2D eigenvalue weighted by molar-refractivity contribution is -0.117. The van der Waals surface area contributed by atoms with E-state index < -0.39 is 18.9 Å². The van der Waals surface area contributed by atoms with E-state index in [1.54, 1.807) is 6.07 Å². The molecule has 0 amide bonds. The van der Waals surface area contributed by atoms with Crippen molar-refractivity contribution in [2.45, 2.75) is 12.3 Å². The number of nitriles is 1. The van der Waals surface area contributed by atoms with E-state index in [1.165, 1.54) is 18.2 Å². The molecule has 0 bridgehead atoms. The highest BCUT2D eigenvalue weighted by Crippen LogP contribution is 2.24.